The molecule has 0 aliphatic carbocycles. The van der Waals surface area contributed by atoms with Crippen LogP contribution in [-0.4, -0.2) is 48.2 Å². The topological polar surface area (TPSA) is 39.6 Å². The van der Waals surface area contributed by atoms with Crippen LogP contribution in [0.1, 0.15) is 18.4 Å². The molecule has 0 atom stereocenters. The van der Waals surface area contributed by atoms with Crippen LogP contribution in [0, 0.1) is 0 Å². The molecule has 2 rings (SSSR count). The van der Waals surface area contributed by atoms with Gasteiger partial charge in [0.15, 0.2) is 0 Å². The van der Waals surface area contributed by atoms with Gasteiger partial charge in [-0.1, -0.05) is 6.07 Å². The molecule has 2 heterocycles. The quantitative estimate of drug-likeness (QED) is 0.830. The highest BCUT2D eigenvalue weighted by atomic mass is 16.3. The van der Waals surface area contributed by atoms with Gasteiger partial charge >= 0.3 is 0 Å². The van der Waals surface area contributed by atoms with Crippen LogP contribution in [0.25, 0.3) is 0 Å². The summed E-state index contributed by atoms with van der Waals surface area (Å²) in [5.74, 6) is 0.897. The smallest absolute Gasteiger partial charge is 0.133 e. The fourth-order valence-electron chi connectivity index (χ4n) is 2.30. The second-order valence-electron chi connectivity index (χ2n) is 4.61. The third-order valence-electron chi connectivity index (χ3n) is 3.35. The molecule has 1 aliphatic rings. The van der Waals surface area contributed by atoms with Crippen LogP contribution in [0.15, 0.2) is 18.3 Å². The Kier molecular flexibility index (Phi) is 4.34. The molecule has 0 bridgehead atoms. The first-order valence-corrected chi connectivity index (χ1v) is 6.29. The van der Waals surface area contributed by atoms with E-state index in [9.17, 15) is 5.11 Å². The SMILES string of the molecule is CN(CCN1CCCC1)c1ncccc1CO. The van der Waals surface area contributed by atoms with E-state index in [-0.39, 0.29) is 6.61 Å². The number of aliphatic hydroxyl groups is 1. The zero-order chi connectivity index (χ0) is 12.1. The lowest BCUT2D eigenvalue weighted by atomic mass is 10.2. The molecule has 0 radical (unpaired) electrons. The van der Waals surface area contributed by atoms with Crippen molar-refractivity contribution in [2.45, 2.75) is 19.4 Å². The van der Waals surface area contributed by atoms with Gasteiger partial charge in [0.05, 0.1) is 6.61 Å². The monoisotopic (exact) mass is 235 g/mol. The van der Waals surface area contributed by atoms with Crippen LogP contribution in [0.3, 0.4) is 0 Å². The van der Waals surface area contributed by atoms with E-state index in [1.807, 2.05) is 19.2 Å². The molecule has 94 valence electrons. The molecule has 1 aromatic heterocycles. The number of rotatable bonds is 5. The molecule has 1 N–H and O–H groups in total. The maximum Gasteiger partial charge on any atom is 0.133 e. The van der Waals surface area contributed by atoms with Gasteiger partial charge in [-0.05, 0) is 32.0 Å². The molecule has 1 saturated heterocycles. The Morgan fingerprint density at radius 2 is 2.18 bits per heavy atom. The molecule has 1 aliphatic heterocycles. The average Bonchev–Trinajstić information content (AvgIpc) is 2.89. The standard InChI is InChI=1S/C13H21N3O/c1-15(9-10-16-7-2-3-8-16)13-12(11-17)5-4-6-14-13/h4-6,17H,2-3,7-11H2,1H3. The molecule has 0 unspecified atom stereocenters. The van der Waals surface area contributed by atoms with Crippen LogP contribution in [0.2, 0.25) is 0 Å². The third kappa shape index (κ3) is 3.17. The van der Waals surface area contributed by atoms with Crippen molar-refractivity contribution in [2.24, 2.45) is 0 Å². The minimum absolute atomic E-state index is 0.0528. The Morgan fingerprint density at radius 1 is 1.41 bits per heavy atom. The molecular weight excluding hydrogens is 214 g/mol. The van der Waals surface area contributed by atoms with Crippen molar-refractivity contribution in [3.05, 3.63) is 23.9 Å². The number of hydrogen-bond acceptors (Lipinski definition) is 4. The lowest BCUT2D eigenvalue weighted by Gasteiger charge is -2.23. The van der Waals surface area contributed by atoms with Crippen LogP contribution < -0.4 is 4.90 Å². The maximum absolute atomic E-state index is 9.27. The van der Waals surface area contributed by atoms with Crippen molar-refractivity contribution < 1.29 is 5.11 Å². The summed E-state index contributed by atoms with van der Waals surface area (Å²) in [5, 5.41) is 9.27. The van der Waals surface area contributed by atoms with Crippen molar-refractivity contribution in [3.8, 4) is 0 Å². The minimum atomic E-state index is 0.0528. The highest BCUT2D eigenvalue weighted by Gasteiger charge is 2.13. The zero-order valence-corrected chi connectivity index (χ0v) is 10.5. The molecule has 17 heavy (non-hydrogen) atoms. The van der Waals surface area contributed by atoms with Gasteiger partial charge in [0, 0.05) is 31.9 Å². The van der Waals surface area contributed by atoms with Crippen LogP contribution in [0.5, 0.6) is 0 Å². The summed E-state index contributed by atoms with van der Waals surface area (Å²) in [6, 6.07) is 3.79. The van der Waals surface area contributed by atoms with Crippen LogP contribution in [0.4, 0.5) is 5.82 Å². The number of hydrogen-bond donors (Lipinski definition) is 1. The number of likely N-dealkylation sites (tertiary alicyclic amines) is 1. The summed E-state index contributed by atoms with van der Waals surface area (Å²) >= 11 is 0. The van der Waals surface area contributed by atoms with Crippen LogP contribution >= 0.6 is 0 Å². The van der Waals surface area contributed by atoms with Crippen LogP contribution in [-0.2, 0) is 6.61 Å². The van der Waals surface area contributed by atoms with E-state index in [1.54, 1.807) is 6.20 Å². The van der Waals surface area contributed by atoms with Crippen molar-refractivity contribution in [2.75, 3.05) is 38.1 Å². The number of anilines is 1. The predicted molar refractivity (Wildman–Crippen MR) is 69.1 cm³/mol. The van der Waals surface area contributed by atoms with E-state index in [2.05, 4.69) is 14.8 Å². The van der Waals surface area contributed by atoms with Gasteiger partial charge in [0.25, 0.3) is 0 Å². The number of likely N-dealkylation sites (N-methyl/N-ethyl adjacent to an activating group) is 1. The highest BCUT2D eigenvalue weighted by molar-refractivity contribution is 5.45. The van der Waals surface area contributed by atoms with E-state index in [1.165, 1.54) is 25.9 Å². The summed E-state index contributed by atoms with van der Waals surface area (Å²) in [6.45, 7) is 4.55. The molecule has 0 saturated carbocycles. The Hall–Kier alpha value is -1.13. The lowest BCUT2D eigenvalue weighted by molar-refractivity contribution is 0.281. The van der Waals surface area contributed by atoms with Crippen molar-refractivity contribution in [3.63, 3.8) is 0 Å². The molecule has 4 nitrogen and oxygen atoms in total. The Labute approximate surface area is 103 Å². The third-order valence-corrected chi connectivity index (χ3v) is 3.35. The first kappa shape index (κ1) is 12.3. The molecule has 0 spiro atoms. The van der Waals surface area contributed by atoms with Crippen molar-refractivity contribution in [1.82, 2.24) is 9.88 Å². The normalized spacial score (nSPS) is 16.4. The van der Waals surface area contributed by atoms with Gasteiger partial charge in [-0.2, -0.15) is 0 Å². The molecule has 0 amide bonds. The second kappa shape index (κ2) is 5.98. The van der Waals surface area contributed by atoms with E-state index >= 15 is 0 Å². The molecule has 1 aromatic rings. The van der Waals surface area contributed by atoms with Gasteiger partial charge in [0.2, 0.25) is 0 Å². The predicted octanol–water partition coefficient (Wildman–Crippen LogP) is 1.11. The van der Waals surface area contributed by atoms with Gasteiger partial charge in [0.1, 0.15) is 5.82 Å². The zero-order valence-electron chi connectivity index (χ0n) is 10.5. The molecule has 4 heteroatoms. The van der Waals surface area contributed by atoms with Crippen molar-refractivity contribution >= 4 is 5.82 Å². The van der Waals surface area contributed by atoms with E-state index in [4.69, 9.17) is 0 Å². The number of aromatic nitrogens is 1. The molecule has 0 aromatic carbocycles. The Morgan fingerprint density at radius 3 is 2.88 bits per heavy atom. The van der Waals surface area contributed by atoms with E-state index in [0.717, 1.165) is 24.5 Å². The summed E-state index contributed by atoms with van der Waals surface area (Å²) in [5.41, 5.74) is 0.899. The van der Waals surface area contributed by atoms with E-state index in [0.29, 0.717) is 0 Å². The number of nitrogens with zero attached hydrogens (tertiary/aromatic N) is 3. The number of aliphatic hydroxyl groups excluding tert-OH is 1. The fraction of sp³-hybridized carbons (Fsp3) is 0.615. The molecule has 1 fully saturated rings. The summed E-state index contributed by atoms with van der Waals surface area (Å²) in [4.78, 5) is 8.96. The lowest BCUT2D eigenvalue weighted by Crippen LogP contribution is -2.32. The largest absolute Gasteiger partial charge is 0.392 e. The average molecular weight is 235 g/mol. The summed E-state index contributed by atoms with van der Waals surface area (Å²) in [6.07, 6.45) is 4.44. The van der Waals surface area contributed by atoms with E-state index < -0.39 is 0 Å². The second-order valence-corrected chi connectivity index (χ2v) is 4.61. The Balaban J connectivity index is 1.91. The fourth-order valence-corrected chi connectivity index (χ4v) is 2.30. The van der Waals surface area contributed by atoms with Gasteiger partial charge in [-0.3, -0.25) is 0 Å². The van der Waals surface area contributed by atoms with Gasteiger partial charge < -0.3 is 14.9 Å². The number of pyridine rings is 1. The maximum atomic E-state index is 9.27. The van der Waals surface area contributed by atoms with Gasteiger partial charge in [-0.15, -0.1) is 0 Å². The first-order chi connectivity index (χ1) is 8.31. The minimum Gasteiger partial charge on any atom is -0.392 e. The summed E-state index contributed by atoms with van der Waals surface area (Å²) in [7, 11) is 2.04. The van der Waals surface area contributed by atoms with Gasteiger partial charge in [-0.25, -0.2) is 4.98 Å². The van der Waals surface area contributed by atoms with Crippen molar-refractivity contribution in [1.29, 1.82) is 0 Å². The first-order valence-electron chi connectivity index (χ1n) is 6.29. The Bertz CT molecular complexity index is 350. The highest BCUT2D eigenvalue weighted by Crippen LogP contribution is 2.15. The summed E-state index contributed by atoms with van der Waals surface area (Å²) < 4.78 is 0. The molecular formula is C13H21N3O.